The van der Waals surface area contributed by atoms with Crippen molar-refractivity contribution in [2.75, 3.05) is 12.4 Å². The van der Waals surface area contributed by atoms with Gasteiger partial charge in [-0.1, -0.05) is 35.3 Å². The lowest BCUT2D eigenvalue weighted by Crippen LogP contribution is -2.02. The third-order valence-electron chi connectivity index (χ3n) is 4.20. The predicted molar refractivity (Wildman–Crippen MR) is 114 cm³/mol. The first-order valence-electron chi connectivity index (χ1n) is 8.68. The quantitative estimate of drug-likeness (QED) is 0.343. The summed E-state index contributed by atoms with van der Waals surface area (Å²) in [6.45, 7) is 0.810. The molecule has 0 saturated heterocycles. The Morgan fingerprint density at radius 3 is 2.41 bits per heavy atom. The Morgan fingerprint density at radius 2 is 1.76 bits per heavy atom. The van der Waals surface area contributed by atoms with E-state index in [-0.39, 0.29) is 12.3 Å². The second-order valence-electron chi connectivity index (χ2n) is 6.17. The van der Waals surface area contributed by atoms with E-state index in [0.717, 1.165) is 16.8 Å². The summed E-state index contributed by atoms with van der Waals surface area (Å²) in [5, 5.41) is 15.0. The fourth-order valence-corrected chi connectivity index (χ4v) is 3.10. The van der Waals surface area contributed by atoms with Crippen LogP contribution in [-0.2, 0) is 13.2 Å². The molecule has 0 fully saturated rings. The minimum absolute atomic E-state index is 0.0551. The average molecular weight is 433 g/mol. The van der Waals surface area contributed by atoms with Crippen LogP contribution in [0.25, 0.3) is 0 Å². The molecule has 0 aliphatic carbocycles. The minimum Gasteiger partial charge on any atom is -0.493 e. The summed E-state index contributed by atoms with van der Waals surface area (Å²) < 4.78 is 11.3. The van der Waals surface area contributed by atoms with Gasteiger partial charge in [-0.3, -0.25) is 10.1 Å². The van der Waals surface area contributed by atoms with Crippen LogP contribution in [0.3, 0.4) is 0 Å². The van der Waals surface area contributed by atoms with Crippen LogP contribution in [0, 0.1) is 10.1 Å². The van der Waals surface area contributed by atoms with Crippen LogP contribution in [0.2, 0.25) is 10.0 Å². The summed E-state index contributed by atoms with van der Waals surface area (Å²) in [5.41, 5.74) is 2.63. The molecule has 0 spiro atoms. The van der Waals surface area contributed by atoms with Crippen LogP contribution in [0.4, 0.5) is 11.4 Å². The first kappa shape index (κ1) is 20.8. The van der Waals surface area contributed by atoms with Crippen molar-refractivity contribution in [3.8, 4) is 11.5 Å². The first-order valence-corrected chi connectivity index (χ1v) is 9.44. The predicted octanol–water partition coefficient (Wildman–Crippen LogP) is 6.10. The van der Waals surface area contributed by atoms with Gasteiger partial charge in [-0.2, -0.15) is 0 Å². The molecule has 3 rings (SSSR count). The third kappa shape index (κ3) is 5.53. The van der Waals surface area contributed by atoms with Gasteiger partial charge in [-0.05, 0) is 42.0 Å². The Kier molecular flexibility index (Phi) is 6.80. The highest BCUT2D eigenvalue weighted by Gasteiger charge is 2.09. The fourth-order valence-electron chi connectivity index (χ4n) is 2.64. The zero-order valence-electron chi connectivity index (χ0n) is 15.5. The van der Waals surface area contributed by atoms with Gasteiger partial charge in [0.2, 0.25) is 0 Å². The van der Waals surface area contributed by atoms with Crippen molar-refractivity contribution in [3.63, 3.8) is 0 Å². The molecule has 3 aromatic rings. The monoisotopic (exact) mass is 432 g/mol. The van der Waals surface area contributed by atoms with Gasteiger partial charge in [0, 0.05) is 40.0 Å². The lowest BCUT2D eigenvalue weighted by Gasteiger charge is -2.14. The number of ether oxygens (including phenoxy) is 2. The van der Waals surface area contributed by atoms with E-state index in [9.17, 15) is 10.1 Å². The lowest BCUT2D eigenvalue weighted by atomic mass is 10.2. The van der Waals surface area contributed by atoms with E-state index in [0.29, 0.717) is 28.1 Å². The molecule has 3 aromatic carbocycles. The molecule has 0 radical (unpaired) electrons. The van der Waals surface area contributed by atoms with E-state index in [4.69, 9.17) is 32.7 Å². The molecule has 0 aliphatic heterocycles. The molecule has 0 atom stereocenters. The number of rotatable bonds is 8. The molecule has 0 amide bonds. The molecule has 0 unspecified atom stereocenters. The molecule has 0 aliphatic rings. The largest absolute Gasteiger partial charge is 0.493 e. The van der Waals surface area contributed by atoms with Gasteiger partial charge in [0.05, 0.1) is 12.0 Å². The number of benzene rings is 3. The van der Waals surface area contributed by atoms with Gasteiger partial charge in [0.25, 0.3) is 5.69 Å². The lowest BCUT2D eigenvalue weighted by molar-refractivity contribution is -0.384. The van der Waals surface area contributed by atoms with E-state index in [1.54, 1.807) is 31.4 Å². The average Bonchev–Trinajstić information content (AvgIpc) is 2.72. The maximum absolute atomic E-state index is 10.7. The number of nitrogens with zero attached hydrogens (tertiary/aromatic N) is 1. The highest BCUT2D eigenvalue weighted by atomic mass is 35.5. The molecule has 29 heavy (non-hydrogen) atoms. The first-order chi connectivity index (χ1) is 14.0. The van der Waals surface area contributed by atoms with Crippen molar-refractivity contribution in [2.45, 2.75) is 13.2 Å². The van der Waals surface area contributed by atoms with Gasteiger partial charge >= 0.3 is 0 Å². The molecule has 150 valence electrons. The number of non-ortho nitro benzene ring substituents is 1. The molecule has 0 aromatic heterocycles. The zero-order valence-corrected chi connectivity index (χ0v) is 17.0. The highest BCUT2D eigenvalue weighted by Crippen LogP contribution is 2.30. The second kappa shape index (κ2) is 9.49. The standard InChI is InChI=1S/C21H18Cl2N2O4/c1-28-21-10-14(12-24-17-5-7-18(8-6-17)25(26)27)2-9-20(21)29-13-15-3-4-16(22)11-19(15)23/h2-11,24H,12-13H2,1H3. The van der Waals surface area contributed by atoms with Gasteiger partial charge in [-0.15, -0.1) is 0 Å². The normalized spacial score (nSPS) is 10.4. The van der Waals surface area contributed by atoms with Crippen molar-refractivity contribution in [1.82, 2.24) is 0 Å². The van der Waals surface area contributed by atoms with Crippen LogP contribution in [0.1, 0.15) is 11.1 Å². The molecule has 1 N–H and O–H groups in total. The summed E-state index contributed by atoms with van der Waals surface area (Å²) in [7, 11) is 1.57. The Bertz CT molecular complexity index is 1010. The summed E-state index contributed by atoms with van der Waals surface area (Å²) in [5.74, 6) is 1.19. The topological polar surface area (TPSA) is 73.6 Å². The number of methoxy groups -OCH3 is 1. The van der Waals surface area contributed by atoms with Crippen molar-refractivity contribution in [1.29, 1.82) is 0 Å². The van der Waals surface area contributed by atoms with Crippen molar-refractivity contribution >= 4 is 34.6 Å². The number of nitro benzene ring substituents is 1. The Balaban J connectivity index is 1.64. The SMILES string of the molecule is COc1cc(CNc2ccc([N+](=O)[O-])cc2)ccc1OCc1ccc(Cl)cc1Cl. The molecular formula is C21H18Cl2N2O4. The number of hydrogen-bond donors (Lipinski definition) is 1. The van der Waals surface area contributed by atoms with E-state index in [1.165, 1.54) is 12.1 Å². The number of halogens is 2. The van der Waals surface area contributed by atoms with Gasteiger partial charge in [0.1, 0.15) is 6.61 Å². The van der Waals surface area contributed by atoms with Crippen LogP contribution in [0.5, 0.6) is 11.5 Å². The van der Waals surface area contributed by atoms with Crippen LogP contribution in [0.15, 0.2) is 60.7 Å². The smallest absolute Gasteiger partial charge is 0.269 e. The summed E-state index contributed by atoms with van der Waals surface area (Å²) in [4.78, 5) is 10.3. The van der Waals surface area contributed by atoms with Crippen molar-refractivity contribution in [2.24, 2.45) is 0 Å². The molecule has 0 saturated carbocycles. The van der Waals surface area contributed by atoms with Crippen molar-refractivity contribution < 1.29 is 14.4 Å². The van der Waals surface area contributed by atoms with E-state index >= 15 is 0 Å². The van der Waals surface area contributed by atoms with Crippen molar-refractivity contribution in [3.05, 3.63) is 92.0 Å². The fraction of sp³-hybridized carbons (Fsp3) is 0.143. The van der Waals surface area contributed by atoms with Gasteiger partial charge in [-0.25, -0.2) is 0 Å². The molecule has 6 nitrogen and oxygen atoms in total. The van der Waals surface area contributed by atoms with E-state index in [1.807, 2.05) is 24.3 Å². The highest BCUT2D eigenvalue weighted by molar-refractivity contribution is 6.35. The van der Waals surface area contributed by atoms with E-state index < -0.39 is 4.92 Å². The summed E-state index contributed by atoms with van der Waals surface area (Å²) in [6, 6.07) is 17.1. The number of anilines is 1. The Labute approximate surface area is 178 Å². The summed E-state index contributed by atoms with van der Waals surface area (Å²) in [6.07, 6.45) is 0. The minimum atomic E-state index is -0.426. The zero-order chi connectivity index (χ0) is 20.8. The Hall–Kier alpha value is -2.96. The maximum Gasteiger partial charge on any atom is 0.269 e. The van der Waals surface area contributed by atoms with Gasteiger partial charge < -0.3 is 14.8 Å². The van der Waals surface area contributed by atoms with E-state index in [2.05, 4.69) is 5.32 Å². The molecule has 0 bridgehead atoms. The summed E-state index contributed by atoms with van der Waals surface area (Å²) >= 11 is 12.1. The van der Waals surface area contributed by atoms with Crippen LogP contribution in [-0.4, -0.2) is 12.0 Å². The number of nitro groups is 1. The third-order valence-corrected chi connectivity index (χ3v) is 4.79. The molecular weight excluding hydrogens is 415 g/mol. The second-order valence-corrected chi connectivity index (χ2v) is 7.01. The molecule has 0 heterocycles. The van der Waals surface area contributed by atoms with Gasteiger partial charge in [0.15, 0.2) is 11.5 Å². The number of nitrogens with one attached hydrogen (secondary N) is 1. The molecule has 8 heteroatoms. The van der Waals surface area contributed by atoms with Crippen LogP contribution >= 0.6 is 23.2 Å². The van der Waals surface area contributed by atoms with Crippen LogP contribution < -0.4 is 14.8 Å². The maximum atomic E-state index is 10.7. The Morgan fingerprint density at radius 1 is 1.00 bits per heavy atom. The number of hydrogen-bond acceptors (Lipinski definition) is 5.